The van der Waals surface area contributed by atoms with Gasteiger partial charge in [-0.1, -0.05) is 31.5 Å². The molecule has 9 nitrogen and oxygen atoms in total. The zero-order valence-electron chi connectivity index (χ0n) is 23.0. The molecule has 0 spiro atoms. The Morgan fingerprint density at radius 3 is 2.44 bits per heavy atom. The second-order valence-electron chi connectivity index (χ2n) is 9.51. The monoisotopic (exact) mass is 531 g/mol. The van der Waals surface area contributed by atoms with E-state index in [4.69, 9.17) is 9.47 Å². The Labute approximate surface area is 230 Å². The van der Waals surface area contributed by atoms with E-state index >= 15 is 0 Å². The molecule has 2 heterocycles. The van der Waals surface area contributed by atoms with Crippen molar-refractivity contribution in [1.82, 2.24) is 20.0 Å². The molecule has 0 saturated carbocycles. The molecule has 4 rings (SSSR count). The zero-order chi connectivity index (χ0) is 27.6. The molecule has 9 heteroatoms. The SMILES string of the molecule is CCCCN(CC(=O)N1CCCN(c2ccc(-c3ccc(OC)cc3OC)nn2)CC1)C(=O)c1ccccc1. The number of nitrogens with zero attached hydrogens (tertiary/aromatic N) is 5. The molecule has 1 fully saturated rings. The number of hydrogen-bond acceptors (Lipinski definition) is 7. The average Bonchev–Trinajstić information content (AvgIpc) is 3.25. The largest absolute Gasteiger partial charge is 0.497 e. The molecular formula is C30H37N5O4. The molecule has 1 aliphatic heterocycles. The van der Waals surface area contributed by atoms with Crippen molar-refractivity contribution >= 4 is 17.6 Å². The van der Waals surface area contributed by atoms with Crippen LogP contribution in [0.2, 0.25) is 0 Å². The van der Waals surface area contributed by atoms with Crippen LogP contribution >= 0.6 is 0 Å². The molecule has 0 radical (unpaired) electrons. The number of methoxy groups -OCH3 is 2. The van der Waals surface area contributed by atoms with Gasteiger partial charge < -0.3 is 24.2 Å². The van der Waals surface area contributed by atoms with Gasteiger partial charge in [0.2, 0.25) is 5.91 Å². The van der Waals surface area contributed by atoms with E-state index in [2.05, 4.69) is 22.0 Å². The third-order valence-electron chi connectivity index (χ3n) is 6.92. The summed E-state index contributed by atoms with van der Waals surface area (Å²) >= 11 is 0. The molecule has 39 heavy (non-hydrogen) atoms. The highest BCUT2D eigenvalue weighted by atomic mass is 16.5. The van der Waals surface area contributed by atoms with E-state index in [1.54, 1.807) is 31.3 Å². The van der Waals surface area contributed by atoms with E-state index in [1.807, 2.05) is 53.4 Å². The summed E-state index contributed by atoms with van der Waals surface area (Å²) in [5, 5.41) is 8.93. The number of amides is 2. The molecule has 206 valence electrons. The minimum atomic E-state index is -0.0993. The van der Waals surface area contributed by atoms with Gasteiger partial charge in [0.25, 0.3) is 5.91 Å². The minimum Gasteiger partial charge on any atom is -0.497 e. The van der Waals surface area contributed by atoms with Crippen LogP contribution in [-0.4, -0.2) is 85.3 Å². The fraction of sp³-hybridized carbons (Fsp3) is 0.400. The lowest BCUT2D eigenvalue weighted by Gasteiger charge is -2.27. The van der Waals surface area contributed by atoms with Crippen LogP contribution in [0, 0.1) is 0 Å². The fourth-order valence-electron chi connectivity index (χ4n) is 4.67. The Hall–Kier alpha value is -4.14. The molecule has 0 aliphatic carbocycles. The predicted molar refractivity (Wildman–Crippen MR) is 151 cm³/mol. The molecule has 2 aromatic carbocycles. The van der Waals surface area contributed by atoms with Crippen molar-refractivity contribution < 1.29 is 19.1 Å². The molecule has 2 amide bonds. The number of carbonyl (C=O) groups excluding carboxylic acids is 2. The van der Waals surface area contributed by atoms with Gasteiger partial charge in [0.15, 0.2) is 5.82 Å². The molecular weight excluding hydrogens is 494 g/mol. The molecule has 0 bridgehead atoms. The van der Waals surface area contributed by atoms with Crippen molar-refractivity contribution in [3.05, 3.63) is 66.2 Å². The number of benzene rings is 2. The summed E-state index contributed by atoms with van der Waals surface area (Å²) in [7, 11) is 3.23. The van der Waals surface area contributed by atoms with Crippen LogP contribution < -0.4 is 14.4 Å². The summed E-state index contributed by atoms with van der Waals surface area (Å²) in [6.45, 7) is 5.36. The van der Waals surface area contributed by atoms with Crippen molar-refractivity contribution in [3.63, 3.8) is 0 Å². The summed E-state index contributed by atoms with van der Waals surface area (Å²) in [4.78, 5) is 32.1. The normalized spacial score (nSPS) is 13.5. The van der Waals surface area contributed by atoms with Gasteiger partial charge in [-0.15, -0.1) is 10.2 Å². The van der Waals surface area contributed by atoms with E-state index in [0.717, 1.165) is 37.2 Å². The van der Waals surface area contributed by atoms with Crippen LogP contribution in [0.3, 0.4) is 0 Å². The van der Waals surface area contributed by atoms with E-state index in [0.29, 0.717) is 48.9 Å². The van der Waals surface area contributed by atoms with Crippen LogP contribution in [0.15, 0.2) is 60.7 Å². The van der Waals surface area contributed by atoms with E-state index in [1.165, 1.54) is 0 Å². The first-order chi connectivity index (χ1) is 19.0. The third-order valence-corrected chi connectivity index (χ3v) is 6.92. The quantitative estimate of drug-likeness (QED) is 0.389. The first-order valence-electron chi connectivity index (χ1n) is 13.5. The molecule has 1 saturated heterocycles. The second-order valence-corrected chi connectivity index (χ2v) is 9.51. The Bertz CT molecular complexity index is 1240. The predicted octanol–water partition coefficient (Wildman–Crippen LogP) is 4.14. The Kier molecular flexibility index (Phi) is 9.72. The standard InChI is InChI=1S/C30H37N5O4/c1-4-5-16-35(30(37)23-10-7-6-8-11-23)22-29(36)34-18-9-17-33(19-20-34)28-15-14-26(31-32-28)25-13-12-24(38-2)21-27(25)39-3/h6-8,10-15,21H,4-5,9,16-20,22H2,1-3H3. The Morgan fingerprint density at radius 1 is 0.923 bits per heavy atom. The van der Waals surface area contributed by atoms with Gasteiger partial charge >= 0.3 is 0 Å². The topological polar surface area (TPSA) is 88.1 Å². The van der Waals surface area contributed by atoms with Gasteiger partial charge in [0.05, 0.1) is 19.9 Å². The number of hydrogen-bond donors (Lipinski definition) is 0. The average molecular weight is 532 g/mol. The first-order valence-corrected chi connectivity index (χ1v) is 13.5. The van der Waals surface area contributed by atoms with Crippen LogP contribution in [0.1, 0.15) is 36.5 Å². The van der Waals surface area contributed by atoms with Crippen molar-refractivity contribution in [1.29, 1.82) is 0 Å². The molecule has 3 aromatic rings. The highest BCUT2D eigenvalue weighted by molar-refractivity contribution is 5.96. The van der Waals surface area contributed by atoms with Gasteiger partial charge in [0, 0.05) is 49.9 Å². The number of ether oxygens (including phenoxy) is 2. The van der Waals surface area contributed by atoms with Crippen LogP contribution in [-0.2, 0) is 4.79 Å². The maximum atomic E-state index is 13.3. The molecule has 0 unspecified atom stereocenters. The molecule has 1 aromatic heterocycles. The van der Waals surface area contributed by atoms with Crippen molar-refractivity contribution in [2.24, 2.45) is 0 Å². The zero-order valence-corrected chi connectivity index (χ0v) is 23.0. The van der Waals surface area contributed by atoms with E-state index in [-0.39, 0.29) is 18.4 Å². The van der Waals surface area contributed by atoms with Crippen LogP contribution in [0.5, 0.6) is 11.5 Å². The summed E-state index contributed by atoms with van der Waals surface area (Å²) in [6, 6.07) is 18.7. The van der Waals surface area contributed by atoms with Gasteiger partial charge in [-0.3, -0.25) is 9.59 Å². The van der Waals surface area contributed by atoms with E-state index in [9.17, 15) is 9.59 Å². The number of aromatic nitrogens is 2. The van der Waals surface area contributed by atoms with Crippen LogP contribution in [0.4, 0.5) is 5.82 Å². The highest BCUT2D eigenvalue weighted by Crippen LogP contribution is 2.32. The summed E-state index contributed by atoms with van der Waals surface area (Å²) in [6.07, 6.45) is 2.62. The Morgan fingerprint density at radius 2 is 1.74 bits per heavy atom. The Balaban J connectivity index is 1.39. The molecule has 1 aliphatic rings. The van der Waals surface area contributed by atoms with Crippen molar-refractivity contribution in [3.8, 4) is 22.8 Å². The maximum Gasteiger partial charge on any atom is 0.254 e. The van der Waals surface area contributed by atoms with Gasteiger partial charge in [-0.05, 0) is 49.2 Å². The lowest BCUT2D eigenvalue weighted by molar-refractivity contribution is -0.131. The summed E-state index contributed by atoms with van der Waals surface area (Å²) < 4.78 is 10.8. The summed E-state index contributed by atoms with van der Waals surface area (Å²) in [5.74, 6) is 2.02. The third kappa shape index (κ3) is 7.04. The number of unbranched alkanes of at least 4 members (excludes halogenated alkanes) is 1. The van der Waals surface area contributed by atoms with Crippen molar-refractivity contribution in [2.75, 3.05) is 58.4 Å². The number of rotatable bonds is 10. The smallest absolute Gasteiger partial charge is 0.254 e. The fourth-order valence-corrected chi connectivity index (χ4v) is 4.67. The lowest BCUT2D eigenvalue weighted by Crippen LogP contribution is -2.44. The molecule has 0 N–H and O–H groups in total. The number of carbonyl (C=O) groups is 2. The lowest BCUT2D eigenvalue weighted by atomic mass is 10.1. The number of anilines is 1. The summed E-state index contributed by atoms with van der Waals surface area (Å²) in [5.41, 5.74) is 2.15. The van der Waals surface area contributed by atoms with Gasteiger partial charge in [-0.25, -0.2) is 0 Å². The van der Waals surface area contributed by atoms with Gasteiger partial charge in [-0.2, -0.15) is 0 Å². The van der Waals surface area contributed by atoms with Crippen LogP contribution in [0.25, 0.3) is 11.3 Å². The highest BCUT2D eigenvalue weighted by Gasteiger charge is 2.24. The maximum absolute atomic E-state index is 13.3. The molecule has 0 atom stereocenters. The van der Waals surface area contributed by atoms with Gasteiger partial charge in [0.1, 0.15) is 18.0 Å². The van der Waals surface area contributed by atoms with E-state index < -0.39 is 0 Å². The minimum absolute atomic E-state index is 0.0229. The first kappa shape index (κ1) is 27.9. The second kappa shape index (κ2) is 13.6. The van der Waals surface area contributed by atoms with Crippen molar-refractivity contribution in [2.45, 2.75) is 26.2 Å².